The van der Waals surface area contributed by atoms with Crippen LogP contribution in [0.5, 0.6) is 0 Å². The molecule has 4 heterocycles. The number of hydrogen-bond donors (Lipinski definition) is 2. The van der Waals surface area contributed by atoms with Crippen LogP contribution < -0.4 is 11.1 Å². The third-order valence-electron chi connectivity index (χ3n) is 6.46. The molecule has 182 valence electrons. The zero-order valence-corrected chi connectivity index (χ0v) is 20.5. The number of halogens is 3. The van der Waals surface area contributed by atoms with E-state index in [0.29, 0.717) is 13.0 Å². The number of anilines is 1. The summed E-state index contributed by atoms with van der Waals surface area (Å²) in [6.07, 6.45) is 2.88. The molecule has 0 aliphatic carbocycles. The molecule has 0 bridgehead atoms. The Morgan fingerprint density at radius 1 is 1.26 bits per heavy atom. The van der Waals surface area contributed by atoms with Crippen molar-refractivity contribution in [2.75, 3.05) is 11.9 Å². The summed E-state index contributed by atoms with van der Waals surface area (Å²) in [5.41, 5.74) is 4.59. The first-order valence-corrected chi connectivity index (χ1v) is 12.7. The summed E-state index contributed by atoms with van der Waals surface area (Å²) in [5, 5.41) is 1.69. The van der Waals surface area contributed by atoms with Crippen LogP contribution in [0.3, 0.4) is 0 Å². The van der Waals surface area contributed by atoms with Crippen molar-refractivity contribution >= 4 is 38.9 Å². The first-order chi connectivity index (χ1) is 15.9. The predicted octanol–water partition coefficient (Wildman–Crippen LogP) is 4.05. The molecular formula is C22H25ClF2N6O2S. The molecular weight excluding hydrogens is 486 g/mol. The fourth-order valence-corrected chi connectivity index (χ4v) is 7.91. The number of carbonyl (C=O) groups is 1. The Morgan fingerprint density at radius 2 is 2.00 bits per heavy atom. The number of aromatic nitrogens is 2. The van der Waals surface area contributed by atoms with Gasteiger partial charge in [0.15, 0.2) is 0 Å². The monoisotopic (exact) mass is 510 g/mol. The van der Waals surface area contributed by atoms with E-state index in [0.717, 1.165) is 31.2 Å². The second kappa shape index (κ2) is 8.53. The zero-order valence-electron chi connectivity index (χ0n) is 18.9. The lowest BCUT2D eigenvalue weighted by Crippen LogP contribution is -2.59. The molecule has 8 nitrogen and oxygen atoms in total. The Labute approximate surface area is 201 Å². The SMILES string of the molecule is CC1(C)C(N)=N[C@](C)(c2nc(NC(=O)c3ncc(F)cc3Cl)ccc2F)[C@@H]2CCCCN=[S@]21=O. The Kier molecular flexibility index (Phi) is 6.14. The molecule has 1 amide bonds. The number of nitrogens with one attached hydrogen (secondary N) is 1. The molecule has 0 saturated carbocycles. The number of nitrogens with zero attached hydrogens (tertiary/aromatic N) is 4. The maximum atomic E-state index is 15.2. The van der Waals surface area contributed by atoms with Crippen molar-refractivity contribution in [1.82, 2.24) is 9.97 Å². The maximum Gasteiger partial charge on any atom is 0.276 e. The van der Waals surface area contributed by atoms with Crippen LogP contribution in [-0.2, 0) is 15.3 Å². The standard InChI is InChI=1S/C22H25ClF2N6O2S/c1-21(2)20(26)31-22(3,15-6-4-5-9-28-34(15,21)33)18-14(25)7-8-16(29-18)30-19(32)17-13(23)10-12(24)11-27-17/h7-8,10-11,15H,4-6,9H2,1-3H3,(H2,26,31)(H,29,30,32)/t15-,22-,34-/m0/s1. The van der Waals surface area contributed by atoms with E-state index < -0.39 is 42.8 Å². The minimum Gasteiger partial charge on any atom is -0.386 e. The van der Waals surface area contributed by atoms with Crippen molar-refractivity contribution in [3.63, 3.8) is 0 Å². The maximum absolute atomic E-state index is 15.2. The molecule has 0 aromatic carbocycles. The van der Waals surface area contributed by atoms with Gasteiger partial charge in [0.1, 0.15) is 45.0 Å². The van der Waals surface area contributed by atoms with E-state index >= 15 is 4.39 Å². The second-order valence-electron chi connectivity index (χ2n) is 9.03. The van der Waals surface area contributed by atoms with Gasteiger partial charge in [0.25, 0.3) is 5.91 Å². The van der Waals surface area contributed by atoms with E-state index in [4.69, 9.17) is 17.3 Å². The summed E-state index contributed by atoms with van der Waals surface area (Å²) in [7, 11) is -2.94. The fourth-order valence-electron chi connectivity index (χ4n) is 4.44. The molecule has 2 aliphatic rings. The fraction of sp³-hybridized carbons (Fsp3) is 0.455. The normalized spacial score (nSPS) is 28.2. The van der Waals surface area contributed by atoms with Crippen molar-refractivity contribution in [3.05, 3.63) is 52.4 Å². The van der Waals surface area contributed by atoms with Crippen LogP contribution in [0.2, 0.25) is 5.02 Å². The van der Waals surface area contributed by atoms with Crippen LogP contribution in [0.4, 0.5) is 14.6 Å². The predicted molar refractivity (Wildman–Crippen MR) is 127 cm³/mol. The first-order valence-electron chi connectivity index (χ1n) is 10.8. The second-order valence-corrected chi connectivity index (χ2v) is 12.4. The molecule has 34 heavy (non-hydrogen) atoms. The van der Waals surface area contributed by atoms with Gasteiger partial charge in [-0.05, 0) is 51.8 Å². The lowest BCUT2D eigenvalue weighted by Gasteiger charge is -2.45. The molecule has 2 aliphatic heterocycles. The number of amides is 1. The van der Waals surface area contributed by atoms with Gasteiger partial charge in [0.05, 0.1) is 26.2 Å². The average Bonchev–Trinajstić information content (AvgIpc) is 2.97. The Bertz CT molecular complexity index is 1320. The summed E-state index contributed by atoms with van der Waals surface area (Å²) < 4.78 is 46.3. The van der Waals surface area contributed by atoms with Crippen LogP contribution in [0.25, 0.3) is 0 Å². The number of fused-ring (bicyclic) bond motifs is 1. The molecule has 12 heteroatoms. The lowest BCUT2D eigenvalue weighted by molar-refractivity contribution is 0.102. The molecule has 3 N–H and O–H groups in total. The van der Waals surface area contributed by atoms with Gasteiger partial charge in [-0.2, -0.15) is 0 Å². The van der Waals surface area contributed by atoms with Crippen LogP contribution in [0, 0.1) is 11.6 Å². The molecule has 0 unspecified atom stereocenters. The summed E-state index contributed by atoms with van der Waals surface area (Å²) in [6, 6.07) is 3.37. The van der Waals surface area contributed by atoms with Crippen LogP contribution >= 0.6 is 11.6 Å². The highest BCUT2D eigenvalue weighted by atomic mass is 35.5. The minimum absolute atomic E-state index is 0.000446. The van der Waals surface area contributed by atoms with Crippen LogP contribution in [0.15, 0.2) is 33.8 Å². The molecule has 2 aromatic rings. The minimum atomic E-state index is -2.94. The summed E-state index contributed by atoms with van der Waals surface area (Å²) >= 11 is 5.92. The molecule has 0 spiro atoms. The largest absolute Gasteiger partial charge is 0.386 e. The highest BCUT2D eigenvalue weighted by Crippen LogP contribution is 2.46. The van der Waals surface area contributed by atoms with Crippen LogP contribution in [0.1, 0.15) is 56.2 Å². The van der Waals surface area contributed by atoms with Crippen molar-refractivity contribution in [3.8, 4) is 0 Å². The molecule has 2 aromatic heterocycles. The zero-order chi connectivity index (χ0) is 24.9. The highest BCUT2D eigenvalue weighted by Gasteiger charge is 2.56. The van der Waals surface area contributed by atoms with E-state index in [1.54, 1.807) is 20.8 Å². The number of pyridine rings is 2. The molecule has 0 saturated heterocycles. The van der Waals surface area contributed by atoms with Gasteiger partial charge in [0.2, 0.25) is 0 Å². The van der Waals surface area contributed by atoms with Crippen molar-refractivity contribution < 1.29 is 17.8 Å². The Morgan fingerprint density at radius 3 is 2.71 bits per heavy atom. The van der Waals surface area contributed by atoms with E-state index in [1.807, 2.05) is 0 Å². The van der Waals surface area contributed by atoms with Gasteiger partial charge in [-0.1, -0.05) is 18.0 Å². The molecule has 0 fully saturated rings. The first kappa shape index (κ1) is 24.5. The topological polar surface area (TPSA) is 123 Å². The van der Waals surface area contributed by atoms with Gasteiger partial charge in [-0.25, -0.2) is 27.3 Å². The lowest BCUT2D eigenvalue weighted by atomic mass is 9.88. The van der Waals surface area contributed by atoms with Crippen LogP contribution in [-0.4, -0.2) is 42.5 Å². The number of carbonyl (C=O) groups excluding carboxylic acids is 1. The number of rotatable bonds is 3. The van der Waals surface area contributed by atoms with Gasteiger partial charge in [0, 0.05) is 6.54 Å². The van der Waals surface area contributed by atoms with Gasteiger partial charge >= 0.3 is 0 Å². The number of hydrogen-bond acceptors (Lipinski definition) is 7. The molecule has 4 rings (SSSR count). The molecule has 3 atom stereocenters. The van der Waals surface area contributed by atoms with Gasteiger partial charge < -0.3 is 11.1 Å². The van der Waals surface area contributed by atoms with Gasteiger partial charge in [-0.3, -0.25) is 9.79 Å². The Balaban J connectivity index is 1.80. The quantitative estimate of drug-likeness (QED) is 0.645. The van der Waals surface area contributed by atoms with E-state index in [-0.39, 0.29) is 28.1 Å². The third-order valence-corrected chi connectivity index (χ3v) is 10.5. The number of nitrogens with two attached hydrogens (primary N) is 1. The van der Waals surface area contributed by atoms with Crippen molar-refractivity contribution in [2.45, 2.75) is 55.6 Å². The summed E-state index contributed by atoms with van der Waals surface area (Å²) in [4.78, 5) is 25.3. The Hall–Kier alpha value is -2.66. The van der Waals surface area contributed by atoms with E-state index in [1.165, 1.54) is 6.07 Å². The van der Waals surface area contributed by atoms with E-state index in [9.17, 15) is 13.4 Å². The highest BCUT2D eigenvalue weighted by molar-refractivity contribution is 7.96. The summed E-state index contributed by atoms with van der Waals surface area (Å²) in [6.45, 7) is 5.57. The average molecular weight is 511 g/mol. The third kappa shape index (κ3) is 3.84. The molecule has 0 radical (unpaired) electrons. The smallest absolute Gasteiger partial charge is 0.276 e. The van der Waals surface area contributed by atoms with Crippen molar-refractivity contribution in [2.24, 2.45) is 15.1 Å². The van der Waals surface area contributed by atoms with E-state index in [2.05, 4.69) is 24.6 Å². The van der Waals surface area contributed by atoms with Gasteiger partial charge in [-0.15, -0.1) is 0 Å². The summed E-state index contributed by atoms with van der Waals surface area (Å²) in [5.74, 6) is -2.01. The van der Waals surface area contributed by atoms with Crippen molar-refractivity contribution in [1.29, 1.82) is 0 Å². The number of amidine groups is 1. The number of aliphatic imine (C=N–C) groups is 1.